The number of benzene rings is 1. The van der Waals surface area contributed by atoms with Gasteiger partial charge in [0.1, 0.15) is 0 Å². The van der Waals surface area contributed by atoms with Gasteiger partial charge in [-0.3, -0.25) is 4.79 Å². The van der Waals surface area contributed by atoms with Crippen molar-refractivity contribution >= 4 is 16.9 Å². The van der Waals surface area contributed by atoms with E-state index in [1.54, 1.807) is 0 Å². The van der Waals surface area contributed by atoms with Crippen molar-refractivity contribution < 1.29 is 27.0 Å². The molecule has 4 heteroatoms. The molecule has 0 aliphatic heterocycles. The van der Waals surface area contributed by atoms with Gasteiger partial charge in [-0.2, -0.15) is 0 Å². The smallest absolute Gasteiger partial charge is 0.300 e. The van der Waals surface area contributed by atoms with E-state index >= 15 is 0 Å². The van der Waals surface area contributed by atoms with Crippen molar-refractivity contribution in [3.05, 3.63) is 36.5 Å². The Balaban J connectivity index is 0.000000299. The zero-order chi connectivity index (χ0) is 9.68. The molecule has 0 amide bonds. The molecule has 2 aromatic rings. The van der Waals surface area contributed by atoms with E-state index < -0.39 is 5.97 Å². The number of para-hydroxylation sites is 1. The molecule has 1 heterocycles. The number of nitrogens with one attached hydrogen (secondary N) is 1. The van der Waals surface area contributed by atoms with Crippen LogP contribution in [0.5, 0.6) is 0 Å². The van der Waals surface area contributed by atoms with Gasteiger partial charge in [-0.15, -0.1) is 0 Å². The predicted octanol–water partition coefficient (Wildman–Crippen LogP) is 2.26. The van der Waals surface area contributed by atoms with Crippen LogP contribution in [-0.2, 0) is 21.9 Å². The summed E-state index contributed by atoms with van der Waals surface area (Å²) < 4.78 is 0. The van der Waals surface area contributed by atoms with E-state index in [4.69, 9.17) is 9.90 Å². The van der Waals surface area contributed by atoms with Crippen LogP contribution in [0.15, 0.2) is 36.5 Å². The average molecular weight is 233 g/mol. The molecule has 0 atom stereocenters. The van der Waals surface area contributed by atoms with Crippen molar-refractivity contribution in [2.24, 2.45) is 0 Å². The van der Waals surface area contributed by atoms with Gasteiger partial charge < -0.3 is 10.1 Å². The summed E-state index contributed by atoms with van der Waals surface area (Å²) in [5.41, 5.74) is 1.21. The third-order valence-electron chi connectivity index (χ3n) is 1.46. The van der Waals surface area contributed by atoms with E-state index in [9.17, 15) is 0 Å². The van der Waals surface area contributed by atoms with Gasteiger partial charge in [-0.25, -0.2) is 0 Å². The van der Waals surface area contributed by atoms with Crippen LogP contribution in [0.1, 0.15) is 6.92 Å². The fourth-order valence-corrected chi connectivity index (χ4v) is 0.995. The van der Waals surface area contributed by atoms with E-state index in [2.05, 4.69) is 23.2 Å². The Kier molecular flexibility index (Phi) is 5.68. The van der Waals surface area contributed by atoms with Crippen molar-refractivity contribution in [3.63, 3.8) is 0 Å². The van der Waals surface area contributed by atoms with Gasteiger partial charge in [0.25, 0.3) is 5.97 Å². The van der Waals surface area contributed by atoms with Crippen LogP contribution >= 0.6 is 0 Å². The predicted molar refractivity (Wildman–Crippen MR) is 51.6 cm³/mol. The maximum atomic E-state index is 9.00. The molecule has 76 valence electrons. The van der Waals surface area contributed by atoms with E-state index in [1.165, 1.54) is 10.9 Å². The third kappa shape index (κ3) is 4.12. The summed E-state index contributed by atoms with van der Waals surface area (Å²) in [5.74, 6) is -0.833. The van der Waals surface area contributed by atoms with Gasteiger partial charge >= 0.3 is 0 Å². The topological polar surface area (TPSA) is 53.1 Å². The van der Waals surface area contributed by atoms with Crippen molar-refractivity contribution in [3.8, 4) is 0 Å². The van der Waals surface area contributed by atoms with Crippen LogP contribution in [-0.4, -0.2) is 16.1 Å². The van der Waals surface area contributed by atoms with Crippen LogP contribution in [0.25, 0.3) is 10.9 Å². The molecular weight excluding hydrogens is 222 g/mol. The van der Waals surface area contributed by atoms with Crippen LogP contribution < -0.4 is 0 Å². The number of carboxylic acid groups (broad SMARTS) is 1. The summed E-state index contributed by atoms with van der Waals surface area (Å²) in [7, 11) is 0. The Labute approximate surface area is 92.6 Å². The summed E-state index contributed by atoms with van der Waals surface area (Å²) in [6, 6.07) is 10.3. The van der Waals surface area contributed by atoms with E-state index in [0.717, 1.165) is 6.92 Å². The van der Waals surface area contributed by atoms with Gasteiger partial charge in [-0.05, 0) is 17.5 Å². The van der Waals surface area contributed by atoms with Crippen molar-refractivity contribution in [2.45, 2.75) is 6.92 Å². The number of aliphatic carboxylic acids is 1. The average Bonchev–Trinajstić information content (AvgIpc) is 2.49. The molecule has 0 radical (unpaired) electrons. The minimum Gasteiger partial charge on any atom is -0.481 e. The monoisotopic (exact) mass is 233 g/mol. The van der Waals surface area contributed by atoms with E-state index in [-0.39, 0.29) is 17.1 Å². The molecule has 0 fully saturated rings. The SMILES string of the molecule is CC(=O)O.[Fe].c1ccc2[nH]ccc2c1. The molecule has 0 aliphatic carbocycles. The summed E-state index contributed by atoms with van der Waals surface area (Å²) in [6.45, 7) is 1.08. The summed E-state index contributed by atoms with van der Waals surface area (Å²) in [4.78, 5) is 12.1. The molecular formula is C10H11FeNO2. The normalized spacial score (nSPS) is 8.36. The van der Waals surface area contributed by atoms with Crippen LogP contribution in [0, 0.1) is 0 Å². The first-order valence-electron chi connectivity index (χ1n) is 3.92. The Hall–Kier alpha value is -1.25. The van der Waals surface area contributed by atoms with Crippen molar-refractivity contribution in [2.75, 3.05) is 0 Å². The van der Waals surface area contributed by atoms with Gasteiger partial charge in [0.2, 0.25) is 0 Å². The summed E-state index contributed by atoms with van der Waals surface area (Å²) in [5, 5.41) is 8.69. The Morgan fingerprint density at radius 1 is 1.29 bits per heavy atom. The second kappa shape index (κ2) is 6.24. The summed E-state index contributed by atoms with van der Waals surface area (Å²) >= 11 is 0. The zero-order valence-electron chi connectivity index (χ0n) is 7.67. The molecule has 0 aliphatic rings. The number of hydrogen-bond acceptors (Lipinski definition) is 1. The second-order valence-electron chi connectivity index (χ2n) is 2.58. The molecule has 0 spiro atoms. The fraction of sp³-hybridized carbons (Fsp3) is 0.100. The molecule has 0 saturated heterocycles. The van der Waals surface area contributed by atoms with Crippen LogP contribution in [0.2, 0.25) is 0 Å². The number of fused-ring (bicyclic) bond motifs is 1. The number of carboxylic acids is 1. The summed E-state index contributed by atoms with van der Waals surface area (Å²) in [6.07, 6.45) is 1.95. The quantitative estimate of drug-likeness (QED) is 0.685. The maximum absolute atomic E-state index is 9.00. The zero-order valence-corrected chi connectivity index (χ0v) is 8.78. The molecule has 2 rings (SSSR count). The van der Waals surface area contributed by atoms with Crippen molar-refractivity contribution in [1.29, 1.82) is 0 Å². The van der Waals surface area contributed by atoms with Gasteiger partial charge in [0, 0.05) is 35.7 Å². The van der Waals surface area contributed by atoms with Gasteiger partial charge in [0.15, 0.2) is 0 Å². The molecule has 14 heavy (non-hydrogen) atoms. The minimum absolute atomic E-state index is 0. The van der Waals surface area contributed by atoms with Crippen LogP contribution in [0.3, 0.4) is 0 Å². The maximum Gasteiger partial charge on any atom is 0.300 e. The van der Waals surface area contributed by atoms with Gasteiger partial charge in [-0.1, -0.05) is 18.2 Å². The number of H-pyrrole nitrogens is 1. The largest absolute Gasteiger partial charge is 0.481 e. The Morgan fingerprint density at radius 3 is 2.43 bits per heavy atom. The third-order valence-corrected chi connectivity index (χ3v) is 1.46. The second-order valence-corrected chi connectivity index (χ2v) is 2.58. The number of rotatable bonds is 0. The Bertz CT molecular complexity index is 363. The minimum atomic E-state index is -0.833. The molecule has 0 bridgehead atoms. The van der Waals surface area contributed by atoms with Crippen molar-refractivity contribution in [1.82, 2.24) is 4.98 Å². The Morgan fingerprint density at radius 2 is 1.86 bits per heavy atom. The molecule has 1 aromatic carbocycles. The number of aromatic nitrogens is 1. The fourth-order valence-electron chi connectivity index (χ4n) is 0.995. The molecule has 1 aromatic heterocycles. The molecule has 0 saturated carbocycles. The van der Waals surface area contributed by atoms with Crippen LogP contribution in [0.4, 0.5) is 0 Å². The first-order valence-corrected chi connectivity index (χ1v) is 3.92. The first-order chi connectivity index (χ1) is 6.20. The number of hydrogen-bond donors (Lipinski definition) is 2. The van der Waals surface area contributed by atoms with E-state index in [1.807, 2.05) is 18.3 Å². The molecule has 0 unspecified atom stereocenters. The number of aromatic amines is 1. The molecule has 3 nitrogen and oxygen atoms in total. The number of carbonyl (C=O) groups is 1. The molecule has 2 N–H and O–H groups in total. The standard InChI is InChI=1S/C8H7N.C2H4O2.Fe/c1-2-4-8-7(3-1)5-6-9-8;1-2(3)4;/h1-6,9H;1H3,(H,3,4);. The van der Waals surface area contributed by atoms with Gasteiger partial charge in [0.05, 0.1) is 0 Å². The first kappa shape index (κ1) is 12.7. The van der Waals surface area contributed by atoms with E-state index in [0.29, 0.717) is 0 Å².